The van der Waals surface area contributed by atoms with E-state index in [0.717, 1.165) is 80.1 Å². The van der Waals surface area contributed by atoms with E-state index >= 15 is 0 Å². The van der Waals surface area contributed by atoms with Gasteiger partial charge >= 0.3 is 0 Å². The van der Waals surface area contributed by atoms with E-state index < -0.39 is 0 Å². The Kier molecular flexibility index (Phi) is 5.72. The molecular weight excluding hydrogens is 448 g/mol. The molecule has 0 radical (unpaired) electrons. The molecule has 0 aromatic carbocycles. The molecule has 34 heavy (non-hydrogen) atoms. The molecule has 3 aliphatic carbocycles. The van der Waals surface area contributed by atoms with Crippen LogP contribution in [0.1, 0.15) is 77.2 Å². The smallest absolute Gasteiger partial charge is 0.252 e. The zero-order chi connectivity index (χ0) is 23.3. The van der Waals surface area contributed by atoms with E-state index in [9.17, 15) is 9.59 Å². The standard InChI is InChI=1S/C25H34N6O2S/c1-25(8-9-26-13-25)29-24-30-28-14-31(24)17-6-7-20-18(10-17)22(23(33)27-12-15-2-3-15)21(34-20)11-19(32)16-4-5-16/h14-17,26H,2-13H2,1H3,(H,27,33)(H,29,30)/t17-,25?/m0/s1. The van der Waals surface area contributed by atoms with Crippen LogP contribution < -0.4 is 16.0 Å². The lowest BCUT2D eigenvalue weighted by Gasteiger charge is -2.29. The lowest BCUT2D eigenvalue weighted by molar-refractivity contribution is -0.119. The minimum Gasteiger partial charge on any atom is -0.352 e. The Labute approximate surface area is 204 Å². The topological polar surface area (TPSA) is 101 Å². The van der Waals surface area contributed by atoms with Crippen molar-refractivity contribution in [1.82, 2.24) is 25.4 Å². The van der Waals surface area contributed by atoms with Crippen LogP contribution in [0.3, 0.4) is 0 Å². The van der Waals surface area contributed by atoms with Crippen molar-refractivity contribution in [1.29, 1.82) is 0 Å². The van der Waals surface area contributed by atoms with E-state index in [1.807, 2.05) is 6.33 Å². The summed E-state index contributed by atoms with van der Waals surface area (Å²) in [5, 5.41) is 18.8. The van der Waals surface area contributed by atoms with Crippen molar-refractivity contribution in [2.45, 2.75) is 76.3 Å². The van der Waals surface area contributed by atoms with Crippen molar-refractivity contribution in [3.8, 4) is 0 Å². The summed E-state index contributed by atoms with van der Waals surface area (Å²) in [6.45, 7) is 4.87. The van der Waals surface area contributed by atoms with Gasteiger partial charge < -0.3 is 16.0 Å². The fourth-order valence-electron chi connectivity index (χ4n) is 5.40. The van der Waals surface area contributed by atoms with Gasteiger partial charge in [0.2, 0.25) is 5.95 Å². The molecule has 2 saturated carbocycles. The third-order valence-electron chi connectivity index (χ3n) is 7.90. The summed E-state index contributed by atoms with van der Waals surface area (Å²) in [5.41, 5.74) is 1.90. The number of rotatable bonds is 9. The van der Waals surface area contributed by atoms with E-state index in [0.29, 0.717) is 18.1 Å². The van der Waals surface area contributed by atoms with Gasteiger partial charge in [-0.25, -0.2) is 0 Å². The highest BCUT2D eigenvalue weighted by molar-refractivity contribution is 7.12. The molecule has 1 amide bonds. The first kappa shape index (κ1) is 22.2. The van der Waals surface area contributed by atoms with Crippen molar-refractivity contribution in [3.63, 3.8) is 0 Å². The molecule has 8 nitrogen and oxygen atoms in total. The van der Waals surface area contributed by atoms with Gasteiger partial charge in [-0.15, -0.1) is 21.5 Å². The zero-order valence-corrected chi connectivity index (χ0v) is 20.7. The fourth-order valence-corrected chi connectivity index (χ4v) is 6.75. The van der Waals surface area contributed by atoms with Crippen LogP contribution in [0, 0.1) is 11.8 Å². The van der Waals surface area contributed by atoms with Crippen LogP contribution in [0.2, 0.25) is 0 Å². The fraction of sp³-hybridized carbons (Fsp3) is 0.680. The lowest BCUT2D eigenvalue weighted by Crippen LogP contribution is -2.38. The third-order valence-corrected chi connectivity index (χ3v) is 9.19. The number of nitrogens with one attached hydrogen (secondary N) is 3. The minimum atomic E-state index is -0.0306. The van der Waals surface area contributed by atoms with Gasteiger partial charge in [-0.05, 0) is 76.3 Å². The van der Waals surface area contributed by atoms with Gasteiger partial charge in [-0.2, -0.15) is 0 Å². The molecule has 6 rings (SSSR count). The number of aryl methyl sites for hydroxylation is 1. The maximum Gasteiger partial charge on any atom is 0.252 e. The highest BCUT2D eigenvalue weighted by Gasteiger charge is 2.36. The van der Waals surface area contributed by atoms with E-state index in [4.69, 9.17) is 0 Å². The molecular formula is C25H34N6O2S. The average molecular weight is 483 g/mol. The Morgan fingerprint density at radius 1 is 1.26 bits per heavy atom. The third kappa shape index (κ3) is 4.52. The second-order valence-corrected chi connectivity index (χ2v) is 12.1. The van der Waals surface area contributed by atoms with Gasteiger partial charge in [0.1, 0.15) is 12.1 Å². The molecule has 1 saturated heterocycles. The van der Waals surface area contributed by atoms with E-state index in [1.54, 1.807) is 11.3 Å². The molecule has 1 aliphatic heterocycles. The average Bonchev–Trinajstić information content (AvgIpc) is 3.72. The first-order valence-electron chi connectivity index (χ1n) is 12.8. The Morgan fingerprint density at radius 2 is 2.12 bits per heavy atom. The van der Waals surface area contributed by atoms with Gasteiger partial charge in [0.25, 0.3) is 5.91 Å². The molecule has 9 heteroatoms. The molecule has 4 aliphatic rings. The predicted octanol–water partition coefficient (Wildman–Crippen LogP) is 2.89. The number of carbonyl (C=O) groups is 2. The number of thiophene rings is 1. The molecule has 2 aromatic rings. The largest absolute Gasteiger partial charge is 0.352 e. The van der Waals surface area contributed by atoms with Crippen LogP contribution in [0.5, 0.6) is 0 Å². The van der Waals surface area contributed by atoms with Crippen LogP contribution in [-0.4, -0.2) is 51.6 Å². The number of fused-ring (bicyclic) bond motifs is 1. The SMILES string of the molecule is CC1(Nc2nncn2[C@H]2CCc3sc(CC(=O)C4CC4)c(C(=O)NCC4CC4)c3C2)CCNC1. The second kappa shape index (κ2) is 8.75. The number of hydrogen-bond acceptors (Lipinski definition) is 7. The minimum absolute atomic E-state index is 0.00953. The van der Waals surface area contributed by atoms with Crippen LogP contribution in [0.4, 0.5) is 5.95 Å². The molecule has 1 unspecified atom stereocenters. The molecule has 3 heterocycles. The highest BCUT2D eigenvalue weighted by Crippen LogP contribution is 2.41. The number of nitrogens with zero attached hydrogens (tertiary/aromatic N) is 3. The Hall–Kier alpha value is -2.26. The summed E-state index contributed by atoms with van der Waals surface area (Å²) in [7, 11) is 0. The summed E-state index contributed by atoms with van der Waals surface area (Å²) in [6, 6.07) is 0.194. The van der Waals surface area contributed by atoms with Crippen molar-refractivity contribution in [2.24, 2.45) is 11.8 Å². The van der Waals surface area contributed by atoms with Gasteiger partial charge in [0.15, 0.2) is 0 Å². The first-order valence-corrected chi connectivity index (χ1v) is 13.6. The van der Waals surface area contributed by atoms with E-state index in [1.165, 1.54) is 17.7 Å². The van der Waals surface area contributed by atoms with Crippen molar-refractivity contribution >= 4 is 29.0 Å². The van der Waals surface area contributed by atoms with Crippen molar-refractivity contribution in [2.75, 3.05) is 25.0 Å². The van der Waals surface area contributed by atoms with E-state index in [-0.39, 0.29) is 23.4 Å². The van der Waals surface area contributed by atoms with Crippen molar-refractivity contribution in [3.05, 3.63) is 27.2 Å². The lowest BCUT2D eigenvalue weighted by atomic mass is 9.89. The summed E-state index contributed by atoms with van der Waals surface area (Å²) in [5.74, 6) is 1.95. The van der Waals surface area contributed by atoms with Crippen LogP contribution >= 0.6 is 11.3 Å². The number of anilines is 1. The summed E-state index contributed by atoms with van der Waals surface area (Å²) >= 11 is 1.70. The maximum absolute atomic E-state index is 13.4. The number of amides is 1. The van der Waals surface area contributed by atoms with Crippen LogP contribution in [0.15, 0.2) is 6.33 Å². The number of aromatic nitrogens is 3. The van der Waals surface area contributed by atoms with E-state index in [2.05, 4.69) is 37.6 Å². The number of ketones is 1. The summed E-state index contributed by atoms with van der Waals surface area (Å²) in [4.78, 5) is 28.3. The molecule has 3 fully saturated rings. The number of hydrogen-bond donors (Lipinski definition) is 3. The number of Topliss-reactive ketones (excluding diaryl/α,β-unsaturated/α-hetero) is 1. The van der Waals surface area contributed by atoms with Crippen LogP contribution in [-0.2, 0) is 24.1 Å². The Morgan fingerprint density at radius 3 is 2.85 bits per heavy atom. The van der Waals surface area contributed by atoms with Gasteiger partial charge in [0.05, 0.1) is 11.1 Å². The van der Waals surface area contributed by atoms with Gasteiger partial charge in [-0.3, -0.25) is 14.2 Å². The normalized spacial score (nSPS) is 26.3. The monoisotopic (exact) mass is 482 g/mol. The molecule has 0 bridgehead atoms. The van der Waals surface area contributed by atoms with Gasteiger partial charge in [-0.1, -0.05) is 0 Å². The maximum atomic E-state index is 13.4. The summed E-state index contributed by atoms with van der Waals surface area (Å²) in [6.07, 6.45) is 10.4. The Balaban J connectivity index is 1.26. The van der Waals surface area contributed by atoms with Gasteiger partial charge in [0, 0.05) is 41.2 Å². The molecule has 3 N–H and O–H groups in total. The zero-order valence-electron chi connectivity index (χ0n) is 19.9. The first-order chi connectivity index (χ1) is 16.5. The number of carbonyl (C=O) groups excluding carboxylic acids is 2. The predicted molar refractivity (Wildman–Crippen MR) is 131 cm³/mol. The van der Waals surface area contributed by atoms with Crippen molar-refractivity contribution < 1.29 is 9.59 Å². The molecule has 2 atom stereocenters. The Bertz CT molecular complexity index is 1090. The molecule has 0 spiro atoms. The summed E-state index contributed by atoms with van der Waals surface area (Å²) < 4.78 is 2.16. The molecule has 182 valence electrons. The van der Waals surface area contributed by atoms with Crippen LogP contribution in [0.25, 0.3) is 0 Å². The molecule has 2 aromatic heterocycles. The highest BCUT2D eigenvalue weighted by atomic mass is 32.1. The second-order valence-electron chi connectivity index (χ2n) is 10.9. The quantitative estimate of drug-likeness (QED) is 0.508.